The van der Waals surface area contributed by atoms with Crippen LogP contribution in [0.4, 0.5) is 10.1 Å². The Morgan fingerprint density at radius 2 is 1.74 bits per heavy atom. The summed E-state index contributed by atoms with van der Waals surface area (Å²) in [5.41, 5.74) is 4.10. The van der Waals surface area contributed by atoms with Crippen LogP contribution in [0, 0.1) is 11.2 Å². The van der Waals surface area contributed by atoms with Crippen LogP contribution in [-0.2, 0) is 9.47 Å². The van der Waals surface area contributed by atoms with Crippen molar-refractivity contribution in [1.29, 1.82) is 0 Å². The molecule has 2 aromatic heterocycles. The minimum absolute atomic E-state index is 0.278. The number of halogens is 1. The zero-order valence-corrected chi connectivity index (χ0v) is 22.6. The Kier molecular flexibility index (Phi) is 6.31. The van der Waals surface area contributed by atoms with Gasteiger partial charge in [0.05, 0.1) is 48.8 Å². The van der Waals surface area contributed by atoms with E-state index in [1.165, 1.54) is 38.5 Å². The van der Waals surface area contributed by atoms with E-state index >= 15 is 0 Å². The molecule has 0 bridgehead atoms. The van der Waals surface area contributed by atoms with E-state index in [4.69, 9.17) is 19.6 Å². The lowest BCUT2D eigenvalue weighted by atomic mass is 9.71. The molecule has 4 fully saturated rings. The fourth-order valence-corrected chi connectivity index (χ4v) is 6.83. The van der Waals surface area contributed by atoms with Crippen LogP contribution < -0.4 is 4.90 Å². The predicted molar refractivity (Wildman–Crippen MR) is 146 cm³/mol. The van der Waals surface area contributed by atoms with Gasteiger partial charge < -0.3 is 14.4 Å². The highest BCUT2D eigenvalue weighted by Crippen LogP contribution is 2.46. The number of hydrogen-bond acceptors (Lipinski definition) is 7. The molecular weight excluding hydrogens is 497 g/mol. The van der Waals surface area contributed by atoms with Crippen molar-refractivity contribution in [3.05, 3.63) is 47.5 Å². The first-order valence-electron chi connectivity index (χ1n) is 14.4. The number of rotatable bonds is 5. The Hall–Kier alpha value is -3.04. The summed E-state index contributed by atoms with van der Waals surface area (Å²) in [4.78, 5) is 22.6. The summed E-state index contributed by atoms with van der Waals surface area (Å²) >= 11 is 0. The van der Waals surface area contributed by atoms with Crippen molar-refractivity contribution in [2.45, 2.75) is 56.9 Å². The first-order chi connectivity index (χ1) is 19.0. The molecule has 3 saturated heterocycles. The van der Waals surface area contributed by atoms with E-state index in [1.54, 1.807) is 16.8 Å². The molecule has 3 aromatic rings. The van der Waals surface area contributed by atoms with Crippen LogP contribution in [0.15, 0.2) is 30.3 Å². The van der Waals surface area contributed by atoms with Gasteiger partial charge in [0.2, 0.25) is 0 Å². The van der Waals surface area contributed by atoms with Crippen LogP contribution >= 0.6 is 0 Å². The molecule has 0 radical (unpaired) electrons. The van der Waals surface area contributed by atoms with Gasteiger partial charge >= 0.3 is 5.97 Å². The van der Waals surface area contributed by atoms with Gasteiger partial charge in [-0.05, 0) is 87.4 Å². The van der Waals surface area contributed by atoms with Gasteiger partial charge in [-0.2, -0.15) is 5.10 Å². The summed E-state index contributed by atoms with van der Waals surface area (Å²) in [6, 6.07) is 8.82. The number of pyridine rings is 1. The van der Waals surface area contributed by atoms with Gasteiger partial charge in [0.25, 0.3) is 0 Å². The smallest absolute Gasteiger partial charge is 0.356 e. The van der Waals surface area contributed by atoms with Crippen molar-refractivity contribution in [1.82, 2.24) is 19.7 Å². The molecule has 0 unspecified atom stereocenters. The number of esters is 1. The third-order valence-electron chi connectivity index (χ3n) is 9.76. The van der Waals surface area contributed by atoms with Crippen molar-refractivity contribution in [2.24, 2.45) is 5.41 Å². The molecule has 0 N–H and O–H groups in total. The van der Waals surface area contributed by atoms with Gasteiger partial charge in [0, 0.05) is 19.0 Å². The molecule has 3 aliphatic heterocycles. The van der Waals surface area contributed by atoms with Gasteiger partial charge in [-0.25, -0.2) is 18.9 Å². The average molecular weight is 534 g/mol. The van der Waals surface area contributed by atoms with Crippen molar-refractivity contribution >= 4 is 22.7 Å². The molecule has 39 heavy (non-hydrogen) atoms. The lowest BCUT2D eigenvalue weighted by Gasteiger charge is -2.50. The third-order valence-corrected chi connectivity index (χ3v) is 9.76. The minimum atomic E-state index is -0.462. The molecule has 8 nitrogen and oxygen atoms in total. The summed E-state index contributed by atoms with van der Waals surface area (Å²) < 4.78 is 26.0. The monoisotopic (exact) mass is 533 g/mol. The number of benzene rings is 1. The van der Waals surface area contributed by atoms with Crippen molar-refractivity contribution in [3.63, 3.8) is 0 Å². The SMILES string of the molecule is COC(=O)c1cc(N2CCC3(CC2)CCN(C2COC2)CC3)c2c(C3CCC3)nn(-c3ccc(F)cc3)c2n1. The number of carbonyl (C=O) groups excluding carboxylic acids is 1. The minimum Gasteiger partial charge on any atom is -0.464 e. The fraction of sp³-hybridized carbons (Fsp3) is 0.567. The lowest BCUT2D eigenvalue weighted by molar-refractivity contribution is -0.0834. The number of carbonyl (C=O) groups is 1. The maximum Gasteiger partial charge on any atom is 0.356 e. The van der Waals surface area contributed by atoms with Gasteiger partial charge in [-0.15, -0.1) is 0 Å². The van der Waals surface area contributed by atoms with E-state index in [9.17, 15) is 9.18 Å². The Balaban J connectivity index is 1.24. The number of fused-ring (bicyclic) bond motifs is 1. The van der Waals surface area contributed by atoms with Gasteiger partial charge in [0.1, 0.15) is 5.82 Å². The van der Waals surface area contributed by atoms with Crippen molar-refractivity contribution in [2.75, 3.05) is 51.4 Å². The number of aromatic nitrogens is 3. The van der Waals surface area contributed by atoms with Gasteiger partial charge in [-0.3, -0.25) is 4.90 Å². The third kappa shape index (κ3) is 4.39. The van der Waals surface area contributed by atoms with Crippen LogP contribution in [0.1, 0.15) is 67.0 Å². The first-order valence-corrected chi connectivity index (χ1v) is 14.4. The normalized spacial score (nSPS) is 22.2. The van der Waals surface area contributed by atoms with E-state index in [0.29, 0.717) is 23.0 Å². The fourth-order valence-electron chi connectivity index (χ4n) is 6.83. The molecule has 0 amide bonds. The zero-order valence-electron chi connectivity index (χ0n) is 22.6. The highest BCUT2D eigenvalue weighted by Gasteiger charge is 2.41. The molecule has 1 saturated carbocycles. The van der Waals surface area contributed by atoms with Crippen molar-refractivity contribution in [3.8, 4) is 5.69 Å². The van der Waals surface area contributed by atoms with Crippen LogP contribution in [0.5, 0.6) is 0 Å². The van der Waals surface area contributed by atoms with Crippen LogP contribution in [0.25, 0.3) is 16.7 Å². The molecule has 1 aliphatic carbocycles. The van der Waals surface area contributed by atoms with Crippen molar-refractivity contribution < 1.29 is 18.7 Å². The second-order valence-electron chi connectivity index (χ2n) is 11.8. The second-order valence-corrected chi connectivity index (χ2v) is 11.8. The average Bonchev–Trinajstić information content (AvgIpc) is 3.27. The largest absolute Gasteiger partial charge is 0.464 e. The second kappa shape index (κ2) is 9.86. The number of methoxy groups -OCH3 is 1. The van der Waals surface area contributed by atoms with E-state index < -0.39 is 5.97 Å². The Labute approximate surface area is 228 Å². The molecule has 7 rings (SSSR count). The van der Waals surface area contributed by atoms with E-state index in [2.05, 4.69) is 9.80 Å². The van der Waals surface area contributed by atoms with Crippen LogP contribution in [-0.4, -0.2) is 78.2 Å². The molecule has 0 atom stereocenters. The summed E-state index contributed by atoms with van der Waals surface area (Å²) in [6.45, 7) is 5.98. The van der Waals surface area contributed by atoms with Gasteiger partial charge in [0.15, 0.2) is 11.3 Å². The van der Waals surface area contributed by atoms with Gasteiger partial charge in [-0.1, -0.05) is 6.42 Å². The lowest BCUT2D eigenvalue weighted by Crippen LogP contribution is -2.55. The van der Waals surface area contributed by atoms with E-state index in [1.807, 2.05) is 6.07 Å². The topological polar surface area (TPSA) is 72.7 Å². The molecule has 1 spiro atoms. The molecule has 5 heterocycles. The number of hydrogen-bond donors (Lipinski definition) is 0. The highest BCUT2D eigenvalue weighted by atomic mass is 19.1. The summed E-state index contributed by atoms with van der Waals surface area (Å²) in [7, 11) is 1.39. The van der Waals surface area contributed by atoms with E-state index in [0.717, 1.165) is 87.5 Å². The molecule has 9 heteroatoms. The number of anilines is 1. The van der Waals surface area contributed by atoms with E-state index in [-0.39, 0.29) is 11.5 Å². The van der Waals surface area contributed by atoms with Crippen LogP contribution in [0.2, 0.25) is 0 Å². The summed E-state index contributed by atoms with van der Waals surface area (Å²) in [6.07, 6.45) is 8.15. The molecular formula is C30H36FN5O3. The number of piperidine rings is 2. The zero-order chi connectivity index (χ0) is 26.6. The van der Waals surface area contributed by atoms with Crippen LogP contribution in [0.3, 0.4) is 0 Å². The predicted octanol–water partition coefficient (Wildman–Crippen LogP) is 4.69. The maximum absolute atomic E-state index is 13.7. The molecule has 4 aliphatic rings. The Morgan fingerprint density at radius 3 is 2.33 bits per heavy atom. The number of nitrogens with zero attached hydrogens (tertiary/aromatic N) is 5. The Bertz CT molecular complexity index is 1360. The molecule has 206 valence electrons. The Morgan fingerprint density at radius 1 is 1.05 bits per heavy atom. The quantitative estimate of drug-likeness (QED) is 0.441. The summed E-state index contributed by atoms with van der Waals surface area (Å²) in [5, 5.41) is 6.07. The first kappa shape index (κ1) is 25.0. The maximum atomic E-state index is 13.7. The number of ether oxygens (including phenoxy) is 2. The molecule has 1 aromatic carbocycles. The number of likely N-dealkylation sites (tertiary alicyclic amines) is 1. The highest BCUT2D eigenvalue weighted by molar-refractivity contribution is 5.99. The standard InChI is InChI=1S/C30H36FN5O3/c1-38-29(37)24-17-25(35-15-11-30(12-16-35)9-13-34(14-10-30)23-18-39-19-23)26-27(20-3-2-4-20)33-36(28(26)32-24)22-7-5-21(31)6-8-22/h5-8,17,20,23H,2-4,9-16,18-19H2,1H3. The summed E-state index contributed by atoms with van der Waals surface area (Å²) in [5.74, 6) is -0.391.